The standard InChI is InChI=1S/C35H44N4O4/c1-23-19-22-30(43-23)28-20-21-29(34(41)37-31(25-13-7-4-8-14-25)26-15-9-5-10-16-26)39(28)35(42)32(27-17-11-6-12-18-27)38-33(40)24(2)36-3/h4-5,7-10,13-16,19,22,24,27-29,31-32,36H,6,11-12,17-18,20-21H2,1-3H3,(H,37,41)(H,38,40)/t24?,28-,29+,32?/m1/s1. The van der Waals surface area contributed by atoms with E-state index in [2.05, 4.69) is 16.0 Å². The third-order valence-corrected chi connectivity index (χ3v) is 9.10. The first kappa shape index (κ1) is 30.5. The number of likely N-dealkylation sites (N-methyl/N-ethyl adjacent to an activating group) is 1. The van der Waals surface area contributed by atoms with Gasteiger partial charge in [0.15, 0.2) is 0 Å². The Hall–Kier alpha value is -3.91. The highest BCUT2D eigenvalue weighted by Gasteiger charge is 2.47. The zero-order valence-electron chi connectivity index (χ0n) is 25.4. The number of hydrogen-bond donors (Lipinski definition) is 3. The monoisotopic (exact) mass is 584 g/mol. The topological polar surface area (TPSA) is 104 Å². The molecule has 0 radical (unpaired) electrons. The minimum atomic E-state index is -0.713. The Morgan fingerprint density at radius 2 is 1.44 bits per heavy atom. The molecule has 8 heteroatoms. The Bertz CT molecular complexity index is 1330. The maximum Gasteiger partial charge on any atom is 0.246 e. The van der Waals surface area contributed by atoms with Gasteiger partial charge in [0.1, 0.15) is 23.6 Å². The fraction of sp³-hybridized carbons (Fsp3) is 0.457. The fourth-order valence-corrected chi connectivity index (χ4v) is 6.59. The fourth-order valence-electron chi connectivity index (χ4n) is 6.59. The van der Waals surface area contributed by atoms with Crippen molar-refractivity contribution < 1.29 is 18.8 Å². The van der Waals surface area contributed by atoms with E-state index in [-0.39, 0.29) is 29.7 Å². The van der Waals surface area contributed by atoms with Gasteiger partial charge in [0.25, 0.3) is 0 Å². The summed E-state index contributed by atoms with van der Waals surface area (Å²) in [5.41, 5.74) is 1.93. The lowest BCUT2D eigenvalue weighted by atomic mass is 9.83. The number of nitrogens with zero attached hydrogens (tertiary/aromatic N) is 1. The molecule has 0 spiro atoms. The minimum Gasteiger partial charge on any atom is -0.464 e. The van der Waals surface area contributed by atoms with E-state index >= 15 is 0 Å². The molecule has 1 saturated heterocycles. The van der Waals surface area contributed by atoms with Crippen LogP contribution in [0.1, 0.15) is 86.6 Å². The molecule has 43 heavy (non-hydrogen) atoms. The van der Waals surface area contributed by atoms with Gasteiger partial charge >= 0.3 is 0 Å². The second kappa shape index (κ2) is 14.0. The lowest BCUT2D eigenvalue weighted by molar-refractivity contribution is -0.145. The summed E-state index contributed by atoms with van der Waals surface area (Å²) in [4.78, 5) is 43.8. The van der Waals surface area contributed by atoms with Gasteiger partial charge in [-0.2, -0.15) is 0 Å². The van der Waals surface area contributed by atoms with E-state index in [0.29, 0.717) is 18.6 Å². The zero-order chi connectivity index (χ0) is 30.3. The molecular weight excluding hydrogens is 540 g/mol. The van der Waals surface area contributed by atoms with Crippen molar-refractivity contribution in [2.75, 3.05) is 7.05 Å². The van der Waals surface area contributed by atoms with Crippen LogP contribution in [0.15, 0.2) is 77.2 Å². The molecule has 0 bridgehead atoms. The van der Waals surface area contributed by atoms with Gasteiger partial charge < -0.3 is 25.3 Å². The van der Waals surface area contributed by atoms with E-state index < -0.39 is 24.2 Å². The smallest absolute Gasteiger partial charge is 0.246 e. The summed E-state index contributed by atoms with van der Waals surface area (Å²) in [5, 5.41) is 9.35. The lowest BCUT2D eigenvalue weighted by Crippen LogP contribution is -2.58. The summed E-state index contributed by atoms with van der Waals surface area (Å²) in [6.45, 7) is 3.66. The van der Waals surface area contributed by atoms with Crippen LogP contribution < -0.4 is 16.0 Å². The second-order valence-electron chi connectivity index (χ2n) is 12.0. The van der Waals surface area contributed by atoms with Crippen molar-refractivity contribution in [1.29, 1.82) is 0 Å². The van der Waals surface area contributed by atoms with Crippen molar-refractivity contribution in [1.82, 2.24) is 20.9 Å². The third kappa shape index (κ3) is 7.02. The number of benzene rings is 2. The van der Waals surface area contributed by atoms with Crippen LogP contribution in [-0.2, 0) is 14.4 Å². The van der Waals surface area contributed by atoms with E-state index in [9.17, 15) is 14.4 Å². The van der Waals surface area contributed by atoms with Crippen molar-refractivity contribution in [2.45, 2.75) is 89.0 Å². The van der Waals surface area contributed by atoms with E-state index in [1.54, 1.807) is 18.9 Å². The molecule has 2 aromatic carbocycles. The number of nitrogens with one attached hydrogen (secondary N) is 3. The van der Waals surface area contributed by atoms with Gasteiger partial charge in [-0.3, -0.25) is 14.4 Å². The molecule has 4 atom stereocenters. The van der Waals surface area contributed by atoms with Crippen LogP contribution in [0.4, 0.5) is 0 Å². The van der Waals surface area contributed by atoms with Crippen LogP contribution >= 0.6 is 0 Å². The van der Waals surface area contributed by atoms with Crippen LogP contribution in [0, 0.1) is 12.8 Å². The average Bonchev–Trinajstić information content (AvgIpc) is 3.69. The molecule has 1 saturated carbocycles. The number of carbonyl (C=O) groups excluding carboxylic acids is 3. The SMILES string of the molecule is CNC(C)C(=O)NC(C(=O)N1[C@@H](c2ccc(C)o2)CC[C@H]1C(=O)NC(c1ccccc1)c1ccccc1)C1CCCCC1. The predicted molar refractivity (Wildman–Crippen MR) is 166 cm³/mol. The predicted octanol–water partition coefficient (Wildman–Crippen LogP) is 5.20. The zero-order valence-corrected chi connectivity index (χ0v) is 25.4. The summed E-state index contributed by atoms with van der Waals surface area (Å²) >= 11 is 0. The minimum absolute atomic E-state index is 0.0129. The average molecular weight is 585 g/mol. The molecule has 228 valence electrons. The van der Waals surface area contributed by atoms with Crippen LogP contribution in [0.3, 0.4) is 0 Å². The van der Waals surface area contributed by atoms with Gasteiger partial charge in [0, 0.05) is 0 Å². The Morgan fingerprint density at radius 1 is 0.814 bits per heavy atom. The number of amides is 3. The van der Waals surface area contributed by atoms with Crippen molar-refractivity contribution in [2.24, 2.45) is 5.92 Å². The summed E-state index contributed by atoms with van der Waals surface area (Å²) in [7, 11) is 1.73. The van der Waals surface area contributed by atoms with Crippen molar-refractivity contribution in [3.63, 3.8) is 0 Å². The molecule has 1 aromatic heterocycles. The maximum absolute atomic E-state index is 14.7. The molecule has 8 nitrogen and oxygen atoms in total. The number of aryl methyl sites for hydroxylation is 1. The Balaban J connectivity index is 1.48. The highest BCUT2D eigenvalue weighted by Crippen LogP contribution is 2.39. The Kier molecular flexibility index (Phi) is 9.97. The molecule has 3 amide bonds. The first-order valence-electron chi connectivity index (χ1n) is 15.6. The molecule has 3 N–H and O–H groups in total. The van der Waals surface area contributed by atoms with E-state index in [1.165, 1.54) is 0 Å². The molecule has 2 unspecified atom stereocenters. The van der Waals surface area contributed by atoms with E-state index in [4.69, 9.17) is 4.42 Å². The Morgan fingerprint density at radius 3 is 2.00 bits per heavy atom. The molecule has 5 rings (SSSR count). The van der Waals surface area contributed by atoms with Crippen molar-refractivity contribution in [3.05, 3.63) is 95.4 Å². The van der Waals surface area contributed by atoms with Gasteiger partial charge in [-0.1, -0.05) is 79.9 Å². The summed E-state index contributed by atoms with van der Waals surface area (Å²) in [6, 6.07) is 20.9. The quantitative estimate of drug-likeness (QED) is 0.304. The molecule has 3 aromatic rings. The number of furan rings is 1. The van der Waals surface area contributed by atoms with Crippen LogP contribution in [0.5, 0.6) is 0 Å². The van der Waals surface area contributed by atoms with Gasteiger partial charge in [-0.25, -0.2) is 0 Å². The van der Waals surface area contributed by atoms with Crippen LogP contribution in [0.25, 0.3) is 0 Å². The van der Waals surface area contributed by atoms with E-state index in [0.717, 1.165) is 49.0 Å². The highest BCUT2D eigenvalue weighted by molar-refractivity contribution is 5.94. The van der Waals surface area contributed by atoms with Gasteiger partial charge in [0.05, 0.1) is 18.1 Å². The lowest BCUT2D eigenvalue weighted by Gasteiger charge is -2.37. The van der Waals surface area contributed by atoms with Crippen molar-refractivity contribution >= 4 is 17.7 Å². The first-order valence-corrected chi connectivity index (χ1v) is 15.6. The van der Waals surface area contributed by atoms with Crippen LogP contribution in [0.2, 0.25) is 0 Å². The molecule has 2 aliphatic rings. The maximum atomic E-state index is 14.7. The first-order chi connectivity index (χ1) is 20.9. The third-order valence-electron chi connectivity index (χ3n) is 9.10. The number of rotatable bonds is 10. The van der Waals surface area contributed by atoms with Crippen molar-refractivity contribution in [3.8, 4) is 0 Å². The molecule has 2 heterocycles. The molecular formula is C35H44N4O4. The number of carbonyl (C=O) groups is 3. The summed E-state index contributed by atoms with van der Waals surface area (Å²) < 4.78 is 6.03. The van der Waals surface area contributed by atoms with E-state index in [1.807, 2.05) is 79.7 Å². The second-order valence-corrected chi connectivity index (χ2v) is 12.0. The summed E-state index contributed by atoms with van der Waals surface area (Å²) in [5.74, 6) is 0.791. The Labute approximate surface area is 254 Å². The van der Waals surface area contributed by atoms with Gasteiger partial charge in [0.2, 0.25) is 17.7 Å². The normalized spacial score (nSPS) is 20.5. The number of likely N-dealkylation sites (tertiary alicyclic amines) is 1. The highest BCUT2D eigenvalue weighted by atomic mass is 16.3. The largest absolute Gasteiger partial charge is 0.464 e. The molecule has 1 aliphatic heterocycles. The summed E-state index contributed by atoms with van der Waals surface area (Å²) in [6.07, 6.45) is 5.99. The van der Waals surface area contributed by atoms with Gasteiger partial charge in [-0.05, 0) is 75.8 Å². The molecule has 1 aliphatic carbocycles. The number of hydrogen-bond acceptors (Lipinski definition) is 5. The van der Waals surface area contributed by atoms with Crippen LogP contribution in [-0.4, -0.2) is 47.8 Å². The molecule has 2 fully saturated rings. The van der Waals surface area contributed by atoms with Gasteiger partial charge in [-0.15, -0.1) is 0 Å².